The van der Waals surface area contributed by atoms with Gasteiger partial charge in [-0.05, 0) is 18.2 Å². The summed E-state index contributed by atoms with van der Waals surface area (Å²) in [5, 5.41) is 1.97. The molecule has 0 fully saturated rings. The molecule has 1 rings (SSSR count). The molecule has 6 nitrogen and oxygen atoms in total. The van der Waals surface area contributed by atoms with Crippen LogP contribution >= 0.6 is 24.2 Å². The van der Waals surface area contributed by atoms with E-state index in [9.17, 15) is 22.8 Å². The predicted octanol–water partition coefficient (Wildman–Crippen LogP) is 2.25. The molecule has 0 aliphatic carbocycles. The van der Waals surface area contributed by atoms with Crippen LogP contribution in [-0.4, -0.2) is 17.8 Å². The van der Waals surface area contributed by atoms with Gasteiger partial charge < -0.3 is 10.5 Å². The van der Waals surface area contributed by atoms with Gasteiger partial charge in [-0.1, -0.05) is 0 Å². The Bertz CT molecular complexity index is 606. The molecule has 0 aliphatic rings. The lowest BCUT2D eigenvalue weighted by molar-refractivity contribution is -0.141. The van der Waals surface area contributed by atoms with Gasteiger partial charge in [-0.15, -0.1) is 16.9 Å². The molecule has 0 heterocycles. The highest BCUT2D eigenvalue weighted by atomic mass is 35.5. The van der Waals surface area contributed by atoms with Crippen molar-refractivity contribution in [2.24, 2.45) is 10.2 Å². The summed E-state index contributed by atoms with van der Waals surface area (Å²) in [6.45, 7) is 0.957. The number of carbonyl (C=O) groups excluding carboxylic acids is 2. The molecular formula is C11H10Cl2F3N3O3. The summed E-state index contributed by atoms with van der Waals surface area (Å²) >= 11 is 4.98. The molecule has 0 saturated heterocycles. The van der Waals surface area contributed by atoms with E-state index in [1.807, 2.05) is 5.32 Å². The quantitative estimate of drug-likeness (QED) is 0.366. The second-order valence-corrected chi connectivity index (χ2v) is 3.90. The summed E-state index contributed by atoms with van der Waals surface area (Å²) in [6, 6.07) is 2.41. The van der Waals surface area contributed by atoms with Gasteiger partial charge in [-0.2, -0.15) is 13.2 Å². The van der Waals surface area contributed by atoms with E-state index in [0.29, 0.717) is 6.07 Å². The summed E-state index contributed by atoms with van der Waals surface area (Å²) in [5.41, 5.74) is 3.49. The van der Waals surface area contributed by atoms with Crippen LogP contribution in [0.1, 0.15) is 22.8 Å². The van der Waals surface area contributed by atoms with E-state index in [0.717, 1.165) is 19.1 Å². The second kappa shape index (κ2) is 7.85. The van der Waals surface area contributed by atoms with Gasteiger partial charge in [-0.25, -0.2) is 0 Å². The highest BCUT2D eigenvalue weighted by Gasteiger charge is 2.35. The number of benzene rings is 1. The number of halogens is 5. The number of hydrogen-bond acceptors (Lipinski definition) is 4. The van der Waals surface area contributed by atoms with Gasteiger partial charge in [0.05, 0.1) is 5.56 Å². The van der Waals surface area contributed by atoms with Crippen LogP contribution in [0, 0.1) is 0 Å². The Balaban J connectivity index is 0.00000441. The number of hydrogen-bond donors (Lipinski definition) is 2. The van der Waals surface area contributed by atoms with Crippen molar-refractivity contribution in [3.05, 3.63) is 29.3 Å². The summed E-state index contributed by atoms with van der Waals surface area (Å²) in [7, 11) is 0. The zero-order valence-electron chi connectivity index (χ0n) is 10.9. The lowest BCUT2D eigenvalue weighted by Crippen LogP contribution is -2.36. The van der Waals surface area contributed by atoms with Gasteiger partial charge in [0.1, 0.15) is 5.75 Å². The first-order valence-electron chi connectivity index (χ1n) is 5.30. The van der Waals surface area contributed by atoms with Crippen LogP contribution in [0.2, 0.25) is 0 Å². The van der Waals surface area contributed by atoms with Gasteiger partial charge >= 0.3 is 12.1 Å². The average Bonchev–Trinajstić information content (AvgIpc) is 2.36. The molecule has 22 heavy (non-hydrogen) atoms. The van der Waals surface area contributed by atoms with Crippen LogP contribution in [0.25, 0.3) is 0 Å². The minimum absolute atomic E-state index is 0. The zero-order chi connectivity index (χ0) is 16.2. The molecule has 0 atom stereocenters. The van der Waals surface area contributed by atoms with Crippen LogP contribution in [0.15, 0.2) is 22.7 Å². The highest BCUT2D eigenvalue weighted by molar-refractivity contribution is 6.21. The molecule has 0 radical (unpaired) electrons. The lowest BCUT2D eigenvalue weighted by Gasteiger charge is -2.13. The number of amides is 1. The fourth-order valence-electron chi connectivity index (χ4n) is 1.35. The number of nitrogens with zero attached hydrogens (tertiary/aromatic N) is 1. The molecule has 1 aromatic carbocycles. The van der Waals surface area contributed by atoms with Gasteiger partial charge in [0.2, 0.25) is 5.96 Å². The maximum absolute atomic E-state index is 12.9. The van der Waals surface area contributed by atoms with Crippen molar-refractivity contribution in [2.75, 3.05) is 0 Å². The normalized spacial score (nSPS) is 11.4. The summed E-state index contributed by atoms with van der Waals surface area (Å²) in [4.78, 5) is 22.4. The molecule has 0 saturated carbocycles. The number of rotatable bonds is 2. The third-order valence-corrected chi connectivity index (χ3v) is 2.32. The molecule has 1 aromatic rings. The monoisotopic (exact) mass is 359 g/mol. The molecule has 0 aromatic heterocycles. The van der Waals surface area contributed by atoms with Crippen LogP contribution in [0.3, 0.4) is 0 Å². The van der Waals surface area contributed by atoms with E-state index < -0.39 is 35.3 Å². The van der Waals surface area contributed by atoms with Gasteiger partial charge in [0, 0.05) is 24.3 Å². The zero-order valence-corrected chi connectivity index (χ0v) is 12.5. The number of alkyl halides is 3. The fourth-order valence-corrected chi connectivity index (χ4v) is 1.39. The van der Waals surface area contributed by atoms with Crippen molar-refractivity contribution in [3.63, 3.8) is 0 Å². The maximum Gasteiger partial charge on any atom is 0.420 e. The number of carbonyl (C=O) groups is 2. The topological polar surface area (TPSA) is 93.8 Å². The van der Waals surface area contributed by atoms with E-state index in [-0.39, 0.29) is 18.0 Å². The molecule has 11 heteroatoms. The average molecular weight is 360 g/mol. The maximum atomic E-state index is 12.9. The standard InChI is InChI=1S/C11H9ClF3N3O3.ClH/c1-5(19)21-8-3-2-6(4-7(8)11(13,14)15)9(20)17-10(16)18-12;/h2-4H,1H3,(H3,16,17,18,20);1H. The Kier molecular flexibility index (Phi) is 7.14. The van der Waals surface area contributed by atoms with Crippen molar-refractivity contribution in [3.8, 4) is 5.75 Å². The number of guanidine groups is 1. The fraction of sp³-hybridized carbons (Fsp3) is 0.182. The molecular weight excluding hydrogens is 350 g/mol. The summed E-state index contributed by atoms with van der Waals surface area (Å²) in [6.07, 6.45) is -4.81. The Morgan fingerprint density at radius 2 is 1.95 bits per heavy atom. The molecule has 122 valence electrons. The number of nitrogens with one attached hydrogen (secondary N) is 1. The number of esters is 1. The van der Waals surface area contributed by atoms with Crippen molar-refractivity contribution >= 4 is 42.0 Å². The van der Waals surface area contributed by atoms with Gasteiger partial charge in [0.25, 0.3) is 5.91 Å². The van der Waals surface area contributed by atoms with Gasteiger partial charge in [0.15, 0.2) is 0 Å². The summed E-state index contributed by atoms with van der Waals surface area (Å²) in [5.74, 6) is -3.04. The minimum atomic E-state index is -4.81. The van der Waals surface area contributed by atoms with Crippen molar-refractivity contribution in [2.45, 2.75) is 13.1 Å². The van der Waals surface area contributed by atoms with E-state index in [1.54, 1.807) is 0 Å². The predicted molar refractivity (Wildman–Crippen MR) is 74.9 cm³/mol. The molecule has 0 spiro atoms. The molecule has 1 amide bonds. The van der Waals surface area contributed by atoms with E-state index in [2.05, 4.69) is 9.25 Å². The molecule has 0 aliphatic heterocycles. The first-order valence-corrected chi connectivity index (χ1v) is 5.64. The number of nitrogens with two attached hydrogens (primary N) is 1. The smallest absolute Gasteiger partial charge is 0.420 e. The Morgan fingerprint density at radius 3 is 2.41 bits per heavy atom. The largest absolute Gasteiger partial charge is 0.426 e. The van der Waals surface area contributed by atoms with Crippen LogP contribution < -0.4 is 15.8 Å². The number of ether oxygens (including phenoxy) is 1. The van der Waals surface area contributed by atoms with Crippen LogP contribution in [0.5, 0.6) is 5.75 Å². The van der Waals surface area contributed by atoms with E-state index in [4.69, 9.17) is 17.5 Å². The SMILES string of the molecule is CC(=O)Oc1ccc(C(=O)NC(N)=NCl)cc1C(F)(F)F.Cl. The minimum Gasteiger partial charge on any atom is -0.426 e. The Morgan fingerprint density at radius 1 is 1.36 bits per heavy atom. The van der Waals surface area contributed by atoms with Crippen molar-refractivity contribution < 1.29 is 27.5 Å². The Hall–Kier alpha value is -2.00. The lowest BCUT2D eigenvalue weighted by atomic mass is 10.1. The molecule has 0 unspecified atom stereocenters. The Labute approximate surface area is 134 Å². The molecule has 3 N–H and O–H groups in total. The van der Waals surface area contributed by atoms with Crippen LogP contribution in [0.4, 0.5) is 13.2 Å². The third-order valence-electron chi connectivity index (χ3n) is 2.13. The first kappa shape index (κ1) is 20.0. The third kappa shape index (κ3) is 5.41. The van der Waals surface area contributed by atoms with E-state index >= 15 is 0 Å². The highest BCUT2D eigenvalue weighted by Crippen LogP contribution is 2.36. The van der Waals surface area contributed by atoms with Crippen molar-refractivity contribution in [1.29, 1.82) is 0 Å². The van der Waals surface area contributed by atoms with Crippen LogP contribution in [-0.2, 0) is 11.0 Å². The van der Waals surface area contributed by atoms with Gasteiger partial charge in [-0.3, -0.25) is 14.9 Å². The summed E-state index contributed by atoms with van der Waals surface area (Å²) < 4.78 is 46.0. The van der Waals surface area contributed by atoms with E-state index in [1.165, 1.54) is 0 Å². The molecule has 0 bridgehead atoms. The second-order valence-electron chi connectivity index (χ2n) is 3.73. The first-order chi connectivity index (χ1) is 9.65. The van der Waals surface area contributed by atoms with Crippen molar-refractivity contribution in [1.82, 2.24) is 5.32 Å².